The van der Waals surface area contributed by atoms with Crippen molar-refractivity contribution in [2.75, 3.05) is 0 Å². The first kappa shape index (κ1) is 22.8. The second-order valence-electron chi connectivity index (χ2n) is 10.5. The minimum Gasteiger partial charge on any atom is -0.457 e. The van der Waals surface area contributed by atoms with E-state index in [9.17, 15) is 0 Å². The minimum atomic E-state index is -0.493. The monoisotopic (exact) mass is 510 g/mol. The first-order valence-electron chi connectivity index (χ1n) is 13.8. The van der Waals surface area contributed by atoms with Crippen molar-refractivity contribution in [1.82, 2.24) is 0 Å². The van der Waals surface area contributed by atoms with Gasteiger partial charge in [0.2, 0.25) is 0 Å². The van der Waals surface area contributed by atoms with Gasteiger partial charge in [-0.2, -0.15) is 0 Å². The molecular weight excluding hydrogens is 484 g/mol. The van der Waals surface area contributed by atoms with Gasteiger partial charge in [-0.25, -0.2) is 0 Å². The molecule has 0 N–H and O–H groups in total. The maximum absolute atomic E-state index is 6.68. The summed E-state index contributed by atoms with van der Waals surface area (Å²) in [6.45, 7) is 0. The zero-order valence-corrected chi connectivity index (χ0v) is 21.9. The Hall–Kier alpha value is -5.14. The number of ether oxygens (including phenoxy) is 1. The van der Waals surface area contributed by atoms with Crippen LogP contribution >= 0.6 is 0 Å². The summed E-state index contributed by atoms with van der Waals surface area (Å²) in [6, 6.07) is 56.6. The summed E-state index contributed by atoms with van der Waals surface area (Å²) in [5, 5.41) is 5.06. The molecule has 1 heterocycles. The topological polar surface area (TPSA) is 9.23 Å². The summed E-state index contributed by atoms with van der Waals surface area (Å²) < 4.78 is 6.68. The highest BCUT2D eigenvalue weighted by molar-refractivity contribution is 6.08. The molecule has 0 saturated carbocycles. The van der Waals surface area contributed by atoms with Gasteiger partial charge in [-0.05, 0) is 62.0 Å². The van der Waals surface area contributed by atoms with Crippen molar-refractivity contribution >= 4 is 21.5 Å². The molecule has 8 rings (SSSR count). The lowest BCUT2D eigenvalue weighted by molar-refractivity contribution is 0.435. The van der Waals surface area contributed by atoms with Gasteiger partial charge in [-0.1, -0.05) is 140 Å². The van der Waals surface area contributed by atoms with E-state index < -0.39 is 5.41 Å². The number of benzene rings is 7. The Balaban J connectivity index is 1.36. The molecule has 7 aromatic rings. The van der Waals surface area contributed by atoms with E-state index in [4.69, 9.17) is 4.74 Å². The summed E-state index contributed by atoms with van der Waals surface area (Å²) >= 11 is 0. The van der Waals surface area contributed by atoms with Crippen LogP contribution in [-0.4, -0.2) is 0 Å². The molecule has 0 aliphatic carbocycles. The van der Waals surface area contributed by atoms with Crippen LogP contribution in [0.4, 0.5) is 0 Å². The van der Waals surface area contributed by atoms with Gasteiger partial charge in [0.15, 0.2) is 0 Å². The lowest BCUT2D eigenvalue weighted by atomic mass is 9.63. The zero-order valence-electron chi connectivity index (χ0n) is 21.9. The standard InChI is InChI=1S/C39H26O/c1-3-12-31(13-4-1)39(32-14-5-2-6-15-32)35-17-9-10-18-37(35)40-38-26-29(22-24-36(38)39)28-21-23-34-30(25-28)20-19-27-11-7-8-16-33(27)34/h1-26H. The van der Waals surface area contributed by atoms with Crippen LogP contribution in [-0.2, 0) is 5.41 Å². The molecule has 0 saturated heterocycles. The Morgan fingerprint density at radius 3 is 1.75 bits per heavy atom. The summed E-state index contributed by atoms with van der Waals surface area (Å²) in [6.07, 6.45) is 0. The highest BCUT2D eigenvalue weighted by Gasteiger charge is 2.45. The second-order valence-corrected chi connectivity index (χ2v) is 10.5. The van der Waals surface area contributed by atoms with Crippen molar-refractivity contribution in [1.29, 1.82) is 0 Å². The van der Waals surface area contributed by atoms with Crippen LogP contribution in [0.25, 0.3) is 32.7 Å². The molecule has 0 spiro atoms. The van der Waals surface area contributed by atoms with Crippen molar-refractivity contribution in [2.45, 2.75) is 5.41 Å². The van der Waals surface area contributed by atoms with Crippen LogP contribution in [0, 0.1) is 0 Å². The maximum Gasteiger partial charge on any atom is 0.132 e. The average Bonchev–Trinajstić information content (AvgIpc) is 3.04. The predicted octanol–water partition coefficient (Wildman–Crippen LogP) is 10.1. The number of hydrogen-bond donors (Lipinski definition) is 0. The van der Waals surface area contributed by atoms with Crippen LogP contribution in [0.1, 0.15) is 22.3 Å². The molecule has 1 aliphatic rings. The van der Waals surface area contributed by atoms with Crippen LogP contribution < -0.4 is 4.74 Å². The maximum atomic E-state index is 6.68. The van der Waals surface area contributed by atoms with E-state index in [0.717, 1.165) is 28.2 Å². The van der Waals surface area contributed by atoms with Gasteiger partial charge in [0.25, 0.3) is 0 Å². The lowest BCUT2D eigenvalue weighted by Crippen LogP contribution is -2.34. The predicted molar refractivity (Wildman–Crippen MR) is 165 cm³/mol. The van der Waals surface area contributed by atoms with E-state index in [2.05, 4.69) is 158 Å². The van der Waals surface area contributed by atoms with E-state index in [1.165, 1.54) is 38.2 Å². The Morgan fingerprint density at radius 2 is 0.950 bits per heavy atom. The summed E-state index contributed by atoms with van der Waals surface area (Å²) in [7, 11) is 0. The summed E-state index contributed by atoms with van der Waals surface area (Å²) in [5.41, 5.74) is 6.59. The molecule has 0 fully saturated rings. The molecule has 1 heteroatoms. The van der Waals surface area contributed by atoms with Gasteiger partial charge in [0.1, 0.15) is 11.5 Å². The smallest absolute Gasteiger partial charge is 0.132 e. The highest BCUT2D eigenvalue weighted by Crippen LogP contribution is 2.55. The van der Waals surface area contributed by atoms with Crippen molar-refractivity contribution < 1.29 is 4.74 Å². The third-order valence-electron chi connectivity index (χ3n) is 8.39. The Kier molecular flexibility index (Phi) is 5.11. The molecule has 0 unspecified atom stereocenters. The van der Waals surface area contributed by atoms with Crippen molar-refractivity contribution in [2.24, 2.45) is 0 Å². The van der Waals surface area contributed by atoms with E-state index in [1.807, 2.05) is 0 Å². The number of para-hydroxylation sites is 1. The number of rotatable bonds is 3. The molecule has 188 valence electrons. The second kappa shape index (κ2) is 8.97. The third-order valence-corrected chi connectivity index (χ3v) is 8.39. The van der Waals surface area contributed by atoms with E-state index in [1.54, 1.807) is 0 Å². The Bertz CT molecular complexity index is 1980. The van der Waals surface area contributed by atoms with Gasteiger partial charge < -0.3 is 4.74 Å². The molecule has 0 aromatic heterocycles. The molecule has 7 aromatic carbocycles. The van der Waals surface area contributed by atoms with E-state index >= 15 is 0 Å². The van der Waals surface area contributed by atoms with Gasteiger partial charge in [-0.3, -0.25) is 0 Å². The molecule has 0 bridgehead atoms. The molecule has 0 amide bonds. The highest BCUT2D eigenvalue weighted by atomic mass is 16.5. The number of hydrogen-bond acceptors (Lipinski definition) is 1. The molecule has 0 radical (unpaired) electrons. The minimum absolute atomic E-state index is 0.493. The molecule has 0 atom stereocenters. The zero-order chi connectivity index (χ0) is 26.5. The molecule has 1 nitrogen and oxygen atoms in total. The van der Waals surface area contributed by atoms with E-state index in [0.29, 0.717) is 0 Å². The van der Waals surface area contributed by atoms with E-state index in [-0.39, 0.29) is 0 Å². The summed E-state index contributed by atoms with van der Waals surface area (Å²) in [5.74, 6) is 1.78. The SMILES string of the molecule is c1ccc(C2(c3ccccc3)c3ccccc3Oc3cc(-c4ccc5c(ccc6ccccc65)c4)ccc32)cc1. The van der Waals surface area contributed by atoms with Gasteiger partial charge >= 0.3 is 0 Å². The van der Waals surface area contributed by atoms with Gasteiger partial charge in [0.05, 0.1) is 5.41 Å². The van der Waals surface area contributed by atoms with Crippen molar-refractivity contribution in [3.05, 3.63) is 180 Å². The van der Waals surface area contributed by atoms with Crippen molar-refractivity contribution in [3.8, 4) is 22.6 Å². The number of fused-ring (bicyclic) bond motifs is 5. The van der Waals surface area contributed by atoms with Crippen LogP contribution in [0.3, 0.4) is 0 Å². The quantitative estimate of drug-likeness (QED) is 0.215. The fourth-order valence-corrected chi connectivity index (χ4v) is 6.58. The third kappa shape index (κ3) is 3.34. The Labute approximate surface area is 233 Å². The fourth-order valence-electron chi connectivity index (χ4n) is 6.58. The first-order valence-corrected chi connectivity index (χ1v) is 13.8. The molecular formula is C39H26O. The lowest BCUT2D eigenvalue weighted by Gasteiger charge is -2.41. The van der Waals surface area contributed by atoms with Gasteiger partial charge in [-0.15, -0.1) is 0 Å². The van der Waals surface area contributed by atoms with Gasteiger partial charge in [0, 0.05) is 11.1 Å². The Morgan fingerprint density at radius 1 is 0.375 bits per heavy atom. The largest absolute Gasteiger partial charge is 0.457 e. The molecule has 40 heavy (non-hydrogen) atoms. The average molecular weight is 511 g/mol. The summed E-state index contributed by atoms with van der Waals surface area (Å²) in [4.78, 5) is 0. The molecule has 1 aliphatic heterocycles. The van der Waals surface area contributed by atoms with Crippen molar-refractivity contribution in [3.63, 3.8) is 0 Å². The normalized spacial score (nSPS) is 13.4. The fraction of sp³-hybridized carbons (Fsp3) is 0.0256. The van der Waals surface area contributed by atoms with Crippen LogP contribution in [0.5, 0.6) is 11.5 Å². The first-order chi connectivity index (χ1) is 19.8. The van der Waals surface area contributed by atoms with Crippen LogP contribution in [0.2, 0.25) is 0 Å². The van der Waals surface area contributed by atoms with Crippen LogP contribution in [0.15, 0.2) is 158 Å².